The number of hydrazone groups is 1. The Bertz CT molecular complexity index is 487. The zero-order chi connectivity index (χ0) is 14.1. The summed E-state index contributed by atoms with van der Waals surface area (Å²) in [6.07, 6.45) is 7.24. The summed E-state index contributed by atoms with van der Waals surface area (Å²) in [6.45, 7) is 3.74. The Labute approximate surface area is 114 Å². The summed E-state index contributed by atoms with van der Waals surface area (Å²) in [5.41, 5.74) is 1.91. The van der Waals surface area contributed by atoms with Gasteiger partial charge in [0.2, 0.25) is 0 Å². The number of allylic oxidation sites excluding steroid dienone is 3. The van der Waals surface area contributed by atoms with Crippen LogP contribution in [0.3, 0.4) is 0 Å². The Morgan fingerprint density at radius 3 is 2.58 bits per heavy atom. The predicted octanol–water partition coefficient (Wildman–Crippen LogP) is 1.01. The maximum Gasteiger partial charge on any atom is 0.162 e. The molecule has 0 saturated heterocycles. The lowest BCUT2D eigenvalue weighted by atomic mass is 10.3. The Balaban J connectivity index is 2.76. The van der Waals surface area contributed by atoms with Crippen LogP contribution in [0.1, 0.15) is 0 Å². The van der Waals surface area contributed by atoms with Gasteiger partial charge >= 0.3 is 0 Å². The SMILES string of the molecule is C=C/C(C=NN(C)c1ccc(OC)cc1)=C\C=[NH+]C. The first-order valence-electron chi connectivity index (χ1n) is 5.96. The van der Waals surface area contributed by atoms with Gasteiger partial charge < -0.3 is 4.74 Å². The van der Waals surface area contributed by atoms with Crippen molar-refractivity contribution >= 4 is 18.1 Å². The zero-order valence-corrected chi connectivity index (χ0v) is 11.6. The smallest absolute Gasteiger partial charge is 0.162 e. The van der Waals surface area contributed by atoms with E-state index in [0.717, 1.165) is 17.0 Å². The minimum atomic E-state index is 0.830. The van der Waals surface area contributed by atoms with Crippen molar-refractivity contribution in [1.82, 2.24) is 0 Å². The highest BCUT2D eigenvalue weighted by Crippen LogP contribution is 2.18. The summed E-state index contributed by atoms with van der Waals surface area (Å²) >= 11 is 0. The van der Waals surface area contributed by atoms with E-state index in [2.05, 4.69) is 16.7 Å². The third-order valence-corrected chi connectivity index (χ3v) is 2.50. The van der Waals surface area contributed by atoms with E-state index >= 15 is 0 Å². The second-order valence-electron chi connectivity index (χ2n) is 3.79. The van der Waals surface area contributed by atoms with Crippen LogP contribution in [0.15, 0.2) is 53.7 Å². The second kappa shape index (κ2) is 7.87. The predicted molar refractivity (Wildman–Crippen MR) is 81.1 cm³/mol. The van der Waals surface area contributed by atoms with Crippen molar-refractivity contribution in [3.63, 3.8) is 0 Å². The molecule has 0 bridgehead atoms. The van der Waals surface area contributed by atoms with E-state index < -0.39 is 0 Å². The maximum atomic E-state index is 5.12. The first-order chi connectivity index (χ1) is 9.21. The van der Waals surface area contributed by atoms with Crippen molar-refractivity contribution in [3.8, 4) is 5.75 Å². The van der Waals surface area contributed by atoms with Gasteiger partial charge in [-0.05, 0) is 29.8 Å². The molecule has 0 amide bonds. The highest BCUT2D eigenvalue weighted by Gasteiger charge is 1.98. The van der Waals surface area contributed by atoms with Gasteiger partial charge in [0, 0.05) is 13.1 Å². The average Bonchev–Trinajstić information content (AvgIpc) is 2.47. The Hall–Kier alpha value is -2.36. The standard InChI is InChI=1S/C15H19N3O/c1-5-13(10-11-16-2)12-17-18(3)14-6-8-15(19-4)9-7-14/h5-12H,1H2,2-4H3/p+1/b13-10+,16-11?,17-12?. The number of rotatable bonds is 6. The van der Waals surface area contributed by atoms with Gasteiger partial charge in [-0.2, -0.15) is 5.10 Å². The van der Waals surface area contributed by atoms with Crippen LogP contribution in [0, 0.1) is 0 Å². The minimum Gasteiger partial charge on any atom is -0.497 e. The van der Waals surface area contributed by atoms with E-state index in [-0.39, 0.29) is 0 Å². The molecule has 0 unspecified atom stereocenters. The lowest BCUT2D eigenvalue weighted by Gasteiger charge is -2.13. The summed E-state index contributed by atoms with van der Waals surface area (Å²) in [5, 5.41) is 6.14. The molecule has 0 radical (unpaired) electrons. The van der Waals surface area contributed by atoms with Crippen molar-refractivity contribution in [2.45, 2.75) is 0 Å². The maximum absolute atomic E-state index is 5.12. The Kier molecular flexibility index (Phi) is 6.09. The van der Waals surface area contributed by atoms with E-state index in [1.165, 1.54) is 0 Å². The van der Waals surface area contributed by atoms with Gasteiger partial charge in [0.25, 0.3) is 0 Å². The molecule has 1 N–H and O–H groups in total. The minimum absolute atomic E-state index is 0.830. The van der Waals surface area contributed by atoms with E-state index in [9.17, 15) is 0 Å². The fraction of sp³-hybridized carbons (Fsp3) is 0.200. The molecule has 0 heterocycles. The molecule has 1 aromatic carbocycles. The molecule has 0 aliphatic carbocycles. The number of methoxy groups -OCH3 is 1. The third kappa shape index (κ3) is 4.79. The van der Waals surface area contributed by atoms with E-state index in [1.54, 1.807) is 24.4 Å². The number of benzene rings is 1. The second-order valence-corrected chi connectivity index (χ2v) is 3.79. The molecular weight excluding hydrogens is 238 g/mol. The molecule has 1 rings (SSSR count). The summed E-state index contributed by atoms with van der Waals surface area (Å²) in [6, 6.07) is 7.71. The van der Waals surface area contributed by atoms with Crippen LogP contribution in [-0.2, 0) is 0 Å². The Morgan fingerprint density at radius 1 is 1.37 bits per heavy atom. The summed E-state index contributed by atoms with van der Waals surface area (Å²) in [4.78, 5) is 2.93. The van der Waals surface area contributed by atoms with Crippen molar-refractivity contribution in [3.05, 3.63) is 48.6 Å². The van der Waals surface area contributed by atoms with Crippen LogP contribution in [0.2, 0.25) is 0 Å². The number of hydrogen-bond donors (Lipinski definition) is 1. The molecule has 100 valence electrons. The van der Waals surface area contributed by atoms with Crippen LogP contribution in [0.5, 0.6) is 5.75 Å². The van der Waals surface area contributed by atoms with Gasteiger partial charge in [-0.25, -0.2) is 0 Å². The molecule has 4 nitrogen and oxygen atoms in total. The lowest BCUT2D eigenvalue weighted by molar-refractivity contribution is -0.413. The summed E-state index contributed by atoms with van der Waals surface area (Å²) in [7, 11) is 5.38. The molecule has 0 aliphatic heterocycles. The number of nitrogens with one attached hydrogen (secondary N) is 1. The van der Waals surface area contributed by atoms with Gasteiger partial charge in [-0.15, -0.1) is 0 Å². The van der Waals surface area contributed by atoms with Crippen molar-refractivity contribution in [2.75, 3.05) is 26.2 Å². The fourth-order valence-electron chi connectivity index (χ4n) is 1.36. The van der Waals surface area contributed by atoms with Gasteiger partial charge in [0.15, 0.2) is 6.21 Å². The third-order valence-electron chi connectivity index (χ3n) is 2.50. The van der Waals surface area contributed by atoms with E-state index in [4.69, 9.17) is 4.74 Å². The molecule has 0 atom stereocenters. The number of hydrogen-bond acceptors (Lipinski definition) is 3. The molecular formula is C15H20N3O+. The van der Waals surface area contributed by atoms with Gasteiger partial charge in [-0.1, -0.05) is 12.7 Å². The normalized spacial score (nSPS) is 12.1. The number of anilines is 1. The summed E-state index contributed by atoms with van der Waals surface area (Å²) in [5.74, 6) is 0.830. The molecule has 0 fully saturated rings. The molecule has 4 heteroatoms. The molecule has 19 heavy (non-hydrogen) atoms. The van der Waals surface area contributed by atoms with Crippen LogP contribution < -0.4 is 14.7 Å². The molecule has 0 saturated carbocycles. The largest absolute Gasteiger partial charge is 0.497 e. The van der Waals surface area contributed by atoms with Crippen LogP contribution in [-0.4, -0.2) is 33.6 Å². The molecule has 1 aromatic rings. The highest BCUT2D eigenvalue weighted by molar-refractivity contribution is 5.88. The Morgan fingerprint density at radius 2 is 2.05 bits per heavy atom. The lowest BCUT2D eigenvalue weighted by Crippen LogP contribution is -2.62. The van der Waals surface area contributed by atoms with E-state index in [0.29, 0.717) is 0 Å². The monoisotopic (exact) mass is 258 g/mol. The molecule has 0 aliphatic rings. The van der Waals surface area contributed by atoms with Gasteiger partial charge in [0.05, 0.1) is 19.0 Å². The van der Waals surface area contributed by atoms with Crippen LogP contribution in [0.25, 0.3) is 0 Å². The van der Waals surface area contributed by atoms with Crippen LogP contribution in [0.4, 0.5) is 5.69 Å². The zero-order valence-electron chi connectivity index (χ0n) is 11.6. The van der Waals surface area contributed by atoms with Crippen molar-refractivity contribution in [1.29, 1.82) is 0 Å². The number of nitrogens with zero attached hydrogens (tertiary/aromatic N) is 2. The quantitative estimate of drug-likeness (QED) is 0.470. The van der Waals surface area contributed by atoms with Crippen molar-refractivity contribution in [2.24, 2.45) is 5.10 Å². The average molecular weight is 258 g/mol. The van der Waals surface area contributed by atoms with Gasteiger partial charge in [0.1, 0.15) is 12.8 Å². The fourth-order valence-corrected chi connectivity index (χ4v) is 1.36. The first-order valence-corrected chi connectivity index (χ1v) is 5.96. The highest BCUT2D eigenvalue weighted by atomic mass is 16.5. The van der Waals surface area contributed by atoms with Gasteiger partial charge in [-0.3, -0.25) is 10.0 Å². The van der Waals surface area contributed by atoms with E-state index in [1.807, 2.05) is 50.7 Å². The first kappa shape index (κ1) is 14.7. The van der Waals surface area contributed by atoms with Crippen molar-refractivity contribution < 1.29 is 9.73 Å². The number of ether oxygens (including phenoxy) is 1. The molecule has 0 aromatic heterocycles. The topological polar surface area (TPSA) is 38.8 Å². The summed E-state index contributed by atoms with van der Waals surface area (Å²) < 4.78 is 5.12. The van der Waals surface area contributed by atoms with Crippen LogP contribution >= 0.6 is 0 Å². The molecule has 0 spiro atoms.